The molecule has 4 aromatic heterocycles. The van der Waals surface area contributed by atoms with E-state index in [1.807, 2.05) is 13.8 Å². The van der Waals surface area contributed by atoms with Crippen molar-refractivity contribution in [1.82, 2.24) is 24.7 Å². The average molecular weight is 808 g/mol. The van der Waals surface area contributed by atoms with Crippen LogP contribution >= 0.6 is 11.3 Å². The Balaban J connectivity index is 0.000000215. The number of rotatable bonds is 9. The number of aromatic nitrogens is 5. The smallest absolute Gasteiger partial charge is 0.435 e. The maximum atomic E-state index is 13.7. The van der Waals surface area contributed by atoms with Gasteiger partial charge in [0.15, 0.2) is 34.1 Å². The maximum absolute atomic E-state index is 13.7. The van der Waals surface area contributed by atoms with Crippen molar-refractivity contribution in [3.8, 4) is 27.6 Å². The van der Waals surface area contributed by atoms with Crippen LogP contribution in [0.2, 0.25) is 0 Å². The second-order valence-electron chi connectivity index (χ2n) is 11.3. The number of halogens is 9. The van der Waals surface area contributed by atoms with Gasteiger partial charge in [-0.15, -0.1) is 0 Å². The van der Waals surface area contributed by atoms with Gasteiger partial charge in [0.2, 0.25) is 5.88 Å². The summed E-state index contributed by atoms with van der Waals surface area (Å²) in [6, 6.07) is 7.66. The molecule has 2 aromatic carbocycles. The van der Waals surface area contributed by atoms with Gasteiger partial charge in [0.25, 0.3) is 11.8 Å². The summed E-state index contributed by atoms with van der Waals surface area (Å²) in [5.41, 5.74) is -1.09. The molecule has 0 radical (unpaired) electrons. The molecule has 0 aliphatic rings. The number of anilines is 2. The van der Waals surface area contributed by atoms with Crippen LogP contribution < -0.4 is 15.4 Å². The summed E-state index contributed by atoms with van der Waals surface area (Å²) < 4.78 is 126. The third-order valence-corrected chi connectivity index (χ3v) is 8.53. The number of nitrogens with one attached hydrogen (secondary N) is 2. The lowest BCUT2D eigenvalue weighted by Crippen LogP contribution is -2.17. The Morgan fingerprint density at radius 1 is 0.768 bits per heavy atom. The third kappa shape index (κ3) is 9.13. The Morgan fingerprint density at radius 3 is 1.91 bits per heavy atom. The highest BCUT2D eigenvalue weighted by Crippen LogP contribution is 2.33. The van der Waals surface area contributed by atoms with Gasteiger partial charge < -0.3 is 10.1 Å². The lowest BCUT2D eigenvalue weighted by molar-refractivity contribution is -0.141. The van der Waals surface area contributed by atoms with E-state index in [0.29, 0.717) is 41.6 Å². The third-order valence-electron chi connectivity index (χ3n) is 7.58. The van der Waals surface area contributed by atoms with E-state index >= 15 is 0 Å². The topological polar surface area (TPSA) is 124 Å². The van der Waals surface area contributed by atoms with Crippen LogP contribution in [0.5, 0.6) is 5.88 Å². The van der Waals surface area contributed by atoms with Crippen molar-refractivity contribution in [2.75, 3.05) is 17.2 Å². The van der Waals surface area contributed by atoms with E-state index < -0.39 is 69.7 Å². The number of hydrogen-bond donors (Lipinski definition) is 2. The number of carbonyl (C=O) groups excluding carboxylic acids is 2. The van der Waals surface area contributed by atoms with Crippen LogP contribution in [-0.4, -0.2) is 43.2 Å². The van der Waals surface area contributed by atoms with Crippen LogP contribution in [0.15, 0.2) is 67.1 Å². The lowest BCUT2D eigenvalue weighted by Gasteiger charge is -2.08. The van der Waals surface area contributed by atoms with Crippen LogP contribution in [0.25, 0.3) is 21.7 Å². The van der Waals surface area contributed by atoms with Gasteiger partial charge in [-0.1, -0.05) is 11.3 Å². The molecule has 0 saturated carbocycles. The molecule has 6 rings (SSSR count). The Kier molecular flexibility index (Phi) is 12.4. The van der Waals surface area contributed by atoms with Gasteiger partial charge in [0, 0.05) is 42.3 Å². The highest BCUT2D eigenvalue weighted by Gasteiger charge is 2.35. The van der Waals surface area contributed by atoms with Crippen molar-refractivity contribution in [3.63, 3.8) is 0 Å². The van der Waals surface area contributed by atoms with Crippen LogP contribution in [0.3, 0.4) is 0 Å². The molecule has 292 valence electrons. The summed E-state index contributed by atoms with van der Waals surface area (Å²) in [7, 11) is 0. The molecule has 0 aliphatic heterocycles. The van der Waals surface area contributed by atoms with E-state index in [4.69, 9.17) is 4.74 Å². The molecule has 0 atom stereocenters. The fourth-order valence-corrected chi connectivity index (χ4v) is 5.81. The molecule has 0 saturated heterocycles. The fraction of sp³-hybridized carbons (Fsp3) is 0.167. The second-order valence-corrected chi connectivity index (χ2v) is 12.3. The van der Waals surface area contributed by atoms with Crippen molar-refractivity contribution in [2.45, 2.75) is 33.5 Å². The molecule has 2 N–H and O–H groups in total. The van der Waals surface area contributed by atoms with E-state index in [1.54, 1.807) is 19.2 Å². The first-order chi connectivity index (χ1) is 26.5. The summed E-state index contributed by atoms with van der Waals surface area (Å²) in [6.07, 6.45) is -0.332. The van der Waals surface area contributed by atoms with Gasteiger partial charge in [-0.05, 0) is 68.8 Å². The van der Waals surface area contributed by atoms with Crippen LogP contribution in [0.4, 0.5) is 50.5 Å². The van der Waals surface area contributed by atoms with Crippen molar-refractivity contribution >= 4 is 34.1 Å². The highest BCUT2D eigenvalue weighted by atomic mass is 32.1. The van der Waals surface area contributed by atoms with Gasteiger partial charge in [0.1, 0.15) is 28.6 Å². The summed E-state index contributed by atoms with van der Waals surface area (Å²) >= 11 is 1.10. The van der Waals surface area contributed by atoms with Crippen LogP contribution in [0.1, 0.15) is 45.8 Å². The molecular formula is C36H26F9N7O3S. The Labute approximate surface area is 315 Å². The molecule has 10 nitrogen and oxygen atoms in total. The summed E-state index contributed by atoms with van der Waals surface area (Å²) in [4.78, 5) is 36.9. The van der Waals surface area contributed by atoms with E-state index in [1.165, 1.54) is 18.3 Å². The minimum Gasteiger partial charge on any atom is -0.478 e. The number of benzene rings is 2. The van der Waals surface area contributed by atoms with Gasteiger partial charge in [0.05, 0.1) is 17.2 Å². The number of amides is 2. The van der Waals surface area contributed by atoms with Crippen molar-refractivity contribution in [2.24, 2.45) is 0 Å². The Morgan fingerprint density at radius 2 is 1.38 bits per heavy atom. The number of thiazole rings is 1. The zero-order chi connectivity index (χ0) is 40.9. The predicted molar refractivity (Wildman–Crippen MR) is 186 cm³/mol. The molecule has 0 fully saturated rings. The van der Waals surface area contributed by atoms with E-state index in [0.717, 1.165) is 39.4 Å². The molecule has 2 amide bonds. The van der Waals surface area contributed by atoms with Crippen molar-refractivity contribution in [3.05, 3.63) is 124 Å². The molecule has 0 aliphatic carbocycles. The molecule has 6 aromatic rings. The van der Waals surface area contributed by atoms with Crippen LogP contribution in [0, 0.1) is 41.8 Å². The quantitative estimate of drug-likeness (QED) is 0.110. The predicted octanol–water partition coefficient (Wildman–Crippen LogP) is 9.24. The summed E-state index contributed by atoms with van der Waals surface area (Å²) in [5, 5.41) is 8.00. The number of alkyl halides is 3. The lowest BCUT2D eigenvalue weighted by atomic mass is 10.1. The van der Waals surface area contributed by atoms with Crippen molar-refractivity contribution < 1.29 is 53.8 Å². The number of ether oxygens (including phenoxy) is 1. The molecule has 4 heterocycles. The average Bonchev–Trinajstić information content (AvgIpc) is 3.80. The molecule has 0 spiro atoms. The molecule has 56 heavy (non-hydrogen) atoms. The highest BCUT2D eigenvalue weighted by molar-refractivity contribution is 7.19. The zero-order valence-corrected chi connectivity index (χ0v) is 29.9. The SMILES string of the molecule is CCOc1cc(C)c(-c2cnc(NC(=O)c3c(F)ccc(F)c3F)s2)cn1.CCn1nc(C(F)(F)F)cc1-c1ccc(NC(=O)c2c(F)ccc(F)c2F)nc1. The number of carbonyl (C=O) groups is 2. The van der Waals surface area contributed by atoms with E-state index in [2.05, 4.69) is 30.7 Å². The summed E-state index contributed by atoms with van der Waals surface area (Å²) in [5.74, 6) is -10.3. The van der Waals surface area contributed by atoms with E-state index in [9.17, 15) is 49.1 Å². The standard InChI is InChI=1S/C18H12F6N4O.C18H14F3N3O2S/c1-2-28-12(7-13(27-28)18(22,23)24)9-3-6-14(25-8-9)26-17(29)15-10(19)4-5-11(20)16(15)21;1-3-26-14-6-9(2)10(7-22-14)13-8-23-18(27-13)24-17(25)15-11(19)4-5-12(20)16(15)21/h3-8H,2H2,1H3,(H,25,26,29);4-8H,3H2,1-2H3,(H,23,24,25). The zero-order valence-electron chi connectivity index (χ0n) is 29.0. The molecular weight excluding hydrogens is 781 g/mol. The number of hydrogen-bond acceptors (Lipinski definition) is 8. The minimum atomic E-state index is -4.62. The first-order valence-electron chi connectivity index (χ1n) is 16.1. The maximum Gasteiger partial charge on any atom is 0.435 e. The number of pyridine rings is 2. The van der Waals surface area contributed by atoms with Gasteiger partial charge in [-0.3, -0.25) is 19.6 Å². The Bertz CT molecular complexity index is 2400. The van der Waals surface area contributed by atoms with Crippen molar-refractivity contribution in [1.29, 1.82) is 0 Å². The molecule has 20 heteroatoms. The number of aryl methyl sites for hydroxylation is 2. The fourth-order valence-electron chi connectivity index (χ4n) is 4.93. The van der Waals surface area contributed by atoms with Gasteiger partial charge >= 0.3 is 6.18 Å². The first kappa shape index (κ1) is 40.9. The monoisotopic (exact) mass is 807 g/mol. The summed E-state index contributed by atoms with van der Waals surface area (Å²) in [6.45, 7) is 6.00. The van der Waals surface area contributed by atoms with Gasteiger partial charge in [-0.2, -0.15) is 18.3 Å². The van der Waals surface area contributed by atoms with E-state index in [-0.39, 0.29) is 28.8 Å². The normalized spacial score (nSPS) is 11.1. The minimum absolute atomic E-state index is 0.117. The van der Waals surface area contributed by atoms with Gasteiger partial charge in [-0.25, -0.2) is 41.3 Å². The second kappa shape index (κ2) is 17.0. The first-order valence-corrected chi connectivity index (χ1v) is 16.9. The molecule has 0 bridgehead atoms. The molecule has 0 unspecified atom stereocenters. The van der Waals surface area contributed by atoms with Crippen LogP contribution in [-0.2, 0) is 12.7 Å². The Hall–Kier alpha value is -6.31. The number of nitrogens with zero attached hydrogens (tertiary/aromatic N) is 5. The largest absolute Gasteiger partial charge is 0.478 e.